The Morgan fingerprint density at radius 1 is 1.42 bits per heavy atom. The molecule has 2 heteroatoms. The van der Waals surface area contributed by atoms with Crippen LogP contribution in [0.25, 0.3) is 0 Å². The van der Waals surface area contributed by atoms with Gasteiger partial charge < -0.3 is 5.73 Å². The highest BCUT2D eigenvalue weighted by Gasteiger charge is 2.13. The number of aromatic nitrogens is 1. The molecule has 2 nitrogen and oxygen atoms in total. The first kappa shape index (κ1) is 9.20. The molecule has 0 spiro atoms. The third-order valence-corrected chi connectivity index (χ3v) is 2.13. The Morgan fingerprint density at radius 2 is 2.17 bits per heavy atom. The van der Waals surface area contributed by atoms with Crippen LogP contribution in [0.2, 0.25) is 0 Å². The summed E-state index contributed by atoms with van der Waals surface area (Å²) in [7, 11) is 0. The van der Waals surface area contributed by atoms with Gasteiger partial charge >= 0.3 is 0 Å². The summed E-state index contributed by atoms with van der Waals surface area (Å²) in [6.45, 7) is 5.02. The molecule has 12 heavy (non-hydrogen) atoms. The normalized spacial score (nSPS) is 13.3. The summed E-state index contributed by atoms with van der Waals surface area (Å²) in [5, 5.41) is 0. The van der Waals surface area contributed by atoms with Crippen LogP contribution in [-0.4, -0.2) is 11.5 Å². The summed E-state index contributed by atoms with van der Waals surface area (Å²) in [6.07, 6.45) is 1.82. The first-order valence-electron chi connectivity index (χ1n) is 4.36. The first-order chi connectivity index (χ1) is 5.75. The maximum Gasteiger partial charge on any atom is 0.0449 e. The number of hydrogen-bond acceptors (Lipinski definition) is 2. The van der Waals surface area contributed by atoms with E-state index in [1.165, 1.54) is 0 Å². The summed E-state index contributed by atoms with van der Waals surface area (Å²) >= 11 is 0. The molecule has 0 aliphatic carbocycles. The summed E-state index contributed by atoms with van der Waals surface area (Å²) in [6, 6.07) is 5.97. The van der Waals surface area contributed by atoms with Gasteiger partial charge in [0.2, 0.25) is 0 Å². The Morgan fingerprint density at radius 3 is 2.58 bits per heavy atom. The van der Waals surface area contributed by atoms with Gasteiger partial charge in [-0.15, -0.1) is 0 Å². The van der Waals surface area contributed by atoms with Gasteiger partial charge in [-0.1, -0.05) is 19.9 Å². The molecule has 66 valence electrons. The highest BCUT2D eigenvalue weighted by molar-refractivity contribution is 5.10. The van der Waals surface area contributed by atoms with Crippen LogP contribution in [0.1, 0.15) is 25.5 Å². The van der Waals surface area contributed by atoms with Crippen molar-refractivity contribution >= 4 is 0 Å². The van der Waals surface area contributed by atoms with Crippen molar-refractivity contribution in [1.82, 2.24) is 4.98 Å². The summed E-state index contributed by atoms with van der Waals surface area (Å²) < 4.78 is 0. The molecule has 1 rings (SSSR count). The van der Waals surface area contributed by atoms with E-state index in [4.69, 9.17) is 5.73 Å². The zero-order valence-corrected chi connectivity index (χ0v) is 7.70. The quantitative estimate of drug-likeness (QED) is 0.739. The SMILES string of the molecule is CC(C)C(CN)c1ccccn1. The lowest BCUT2D eigenvalue weighted by Crippen LogP contribution is -2.18. The van der Waals surface area contributed by atoms with Crippen molar-refractivity contribution in [1.29, 1.82) is 0 Å². The van der Waals surface area contributed by atoms with E-state index >= 15 is 0 Å². The molecule has 0 saturated carbocycles. The highest BCUT2D eigenvalue weighted by Crippen LogP contribution is 2.20. The minimum Gasteiger partial charge on any atom is -0.330 e. The van der Waals surface area contributed by atoms with Gasteiger partial charge in [0.05, 0.1) is 0 Å². The van der Waals surface area contributed by atoms with E-state index in [1.54, 1.807) is 0 Å². The second kappa shape index (κ2) is 4.21. The molecule has 2 N–H and O–H groups in total. The van der Waals surface area contributed by atoms with Crippen LogP contribution in [-0.2, 0) is 0 Å². The fraction of sp³-hybridized carbons (Fsp3) is 0.500. The largest absolute Gasteiger partial charge is 0.330 e. The molecular formula is C10H16N2. The van der Waals surface area contributed by atoms with Crippen molar-refractivity contribution in [2.24, 2.45) is 11.7 Å². The van der Waals surface area contributed by atoms with Crippen LogP contribution in [0.4, 0.5) is 0 Å². The van der Waals surface area contributed by atoms with Crippen molar-refractivity contribution in [2.45, 2.75) is 19.8 Å². The fourth-order valence-electron chi connectivity index (χ4n) is 1.33. The van der Waals surface area contributed by atoms with Crippen molar-refractivity contribution in [3.63, 3.8) is 0 Å². The van der Waals surface area contributed by atoms with E-state index in [9.17, 15) is 0 Å². The molecule has 0 radical (unpaired) electrons. The van der Waals surface area contributed by atoms with Crippen LogP contribution in [0, 0.1) is 5.92 Å². The first-order valence-corrected chi connectivity index (χ1v) is 4.36. The van der Waals surface area contributed by atoms with Gasteiger partial charge in [-0.25, -0.2) is 0 Å². The molecule has 0 saturated heterocycles. The Bertz CT molecular complexity index is 219. The van der Waals surface area contributed by atoms with Crippen LogP contribution in [0.5, 0.6) is 0 Å². The summed E-state index contributed by atoms with van der Waals surface area (Å²) in [5.41, 5.74) is 6.77. The zero-order chi connectivity index (χ0) is 8.97. The van der Waals surface area contributed by atoms with Gasteiger partial charge in [0.15, 0.2) is 0 Å². The third-order valence-electron chi connectivity index (χ3n) is 2.13. The molecule has 1 heterocycles. The van der Waals surface area contributed by atoms with E-state index < -0.39 is 0 Å². The summed E-state index contributed by atoms with van der Waals surface area (Å²) in [4.78, 5) is 4.29. The molecule has 0 fully saturated rings. The van der Waals surface area contributed by atoms with E-state index in [-0.39, 0.29) is 0 Å². The molecule has 1 unspecified atom stereocenters. The average Bonchev–Trinajstić information content (AvgIpc) is 2.07. The van der Waals surface area contributed by atoms with Gasteiger partial charge in [0.1, 0.15) is 0 Å². The Balaban J connectivity index is 2.80. The van der Waals surface area contributed by atoms with Crippen molar-refractivity contribution < 1.29 is 0 Å². The number of nitrogens with zero attached hydrogens (tertiary/aromatic N) is 1. The number of pyridine rings is 1. The van der Waals surface area contributed by atoms with Crippen LogP contribution >= 0.6 is 0 Å². The third kappa shape index (κ3) is 2.05. The topological polar surface area (TPSA) is 38.9 Å². The molecule has 1 atom stereocenters. The number of rotatable bonds is 3. The van der Waals surface area contributed by atoms with Crippen molar-refractivity contribution in [3.05, 3.63) is 30.1 Å². The van der Waals surface area contributed by atoms with Gasteiger partial charge in [-0.3, -0.25) is 4.98 Å². The molecule has 0 aliphatic heterocycles. The Labute approximate surface area is 73.8 Å². The lowest BCUT2D eigenvalue weighted by Gasteiger charge is -2.17. The van der Waals surface area contributed by atoms with E-state index in [2.05, 4.69) is 18.8 Å². The minimum absolute atomic E-state index is 0.395. The zero-order valence-electron chi connectivity index (χ0n) is 7.70. The Kier molecular flexibility index (Phi) is 3.23. The van der Waals surface area contributed by atoms with Gasteiger partial charge in [-0.2, -0.15) is 0 Å². The lowest BCUT2D eigenvalue weighted by atomic mass is 9.92. The van der Waals surface area contributed by atoms with Crippen LogP contribution in [0.15, 0.2) is 24.4 Å². The second-order valence-electron chi connectivity index (χ2n) is 3.34. The molecule has 0 amide bonds. The number of nitrogens with two attached hydrogens (primary N) is 1. The van der Waals surface area contributed by atoms with Gasteiger partial charge in [0, 0.05) is 24.4 Å². The molecule has 0 aliphatic rings. The molecule has 1 aromatic rings. The lowest BCUT2D eigenvalue weighted by molar-refractivity contribution is 0.496. The predicted octanol–water partition coefficient (Wildman–Crippen LogP) is 1.78. The minimum atomic E-state index is 0.395. The van der Waals surface area contributed by atoms with Crippen LogP contribution < -0.4 is 5.73 Å². The molecule has 0 bridgehead atoms. The van der Waals surface area contributed by atoms with Crippen molar-refractivity contribution in [3.8, 4) is 0 Å². The van der Waals surface area contributed by atoms with Gasteiger partial charge in [0.25, 0.3) is 0 Å². The molecule has 0 aromatic carbocycles. The fourth-order valence-corrected chi connectivity index (χ4v) is 1.33. The Hall–Kier alpha value is -0.890. The summed E-state index contributed by atoms with van der Waals surface area (Å²) in [5.74, 6) is 0.955. The molecular weight excluding hydrogens is 148 g/mol. The second-order valence-corrected chi connectivity index (χ2v) is 3.34. The smallest absolute Gasteiger partial charge is 0.0449 e. The van der Waals surface area contributed by atoms with Crippen molar-refractivity contribution in [2.75, 3.05) is 6.54 Å². The monoisotopic (exact) mass is 164 g/mol. The number of hydrogen-bond donors (Lipinski definition) is 1. The maximum absolute atomic E-state index is 5.67. The van der Waals surface area contributed by atoms with E-state index in [0.29, 0.717) is 18.4 Å². The van der Waals surface area contributed by atoms with Crippen LogP contribution in [0.3, 0.4) is 0 Å². The highest BCUT2D eigenvalue weighted by atomic mass is 14.7. The molecule has 1 aromatic heterocycles. The maximum atomic E-state index is 5.67. The predicted molar refractivity (Wildman–Crippen MR) is 50.9 cm³/mol. The standard InChI is InChI=1S/C10H16N2/c1-8(2)9(7-11)10-5-3-4-6-12-10/h3-6,8-9H,7,11H2,1-2H3. The average molecular weight is 164 g/mol. The van der Waals surface area contributed by atoms with E-state index in [0.717, 1.165) is 5.69 Å². The van der Waals surface area contributed by atoms with Gasteiger partial charge in [-0.05, 0) is 18.1 Å². The van der Waals surface area contributed by atoms with E-state index in [1.807, 2.05) is 24.4 Å².